The molecule has 3 nitrogen and oxygen atoms in total. The smallest absolute Gasteiger partial charge is 0.320 e. The maximum absolute atomic E-state index is 13.7. The van der Waals surface area contributed by atoms with Gasteiger partial charge in [-0.1, -0.05) is 79.5 Å². The molecule has 0 heterocycles. The molecule has 0 radical (unpaired) electrons. The quantitative estimate of drug-likeness (QED) is 0.429. The monoisotopic (exact) mass is 392 g/mol. The van der Waals surface area contributed by atoms with E-state index in [-0.39, 0.29) is 6.03 Å². The van der Waals surface area contributed by atoms with Crippen LogP contribution in [0.3, 0.4) is 0 Å². The molecule has 3 aromatic carbocycles. The number of unbranched alkanes of at least 4 members (excludes halogenated alkanes) is 1. The molecule has 2 amide bonds. The zero-order valence-corrected chi connectivity index (χ0v) is 16.8. The van der Waals surface area contributed by atoms with E-state index in [0.29, 0.717) is 18.1 Å². The molecule has 144 valence electrons. The molecule has 0 aromatic heterocycles. The fraction of sp³-hybridized carbons (Fsp3) is 0.208. The highest BCUT2D eigenvalue weighted by atomic mass is 35.5. The zero-order chi connectivity index (χ0) is 19.8. The molecule has 0 spiro atoms. The number of carbonyl (C=O) groups excluding carboxylic acids is 1. The van der Waals surface area contributed by atoms with Crippen LogP contribution in [-0.4, -0.2) is 17.5 Å². The average Bonchev–Trinajstić information content (AvgIpc) is 2.73. The van der Waals surface area contributed by atoms with Crippen LogP contribution >= 0.6 is 11.6 Å². The van der Waals surface area contributed by atoms with Gasteiger partial charge in [0, 0.05) is 18.1 Å². The third-order valence-corrected chi connectivity index (χ3v) is 4.78. The number of rotatable bonds is 7. The molecule has 0 unspecified atom stereocenters. The minimum atomic E-state index is -0.0502. The first-order valence-corrected chi connectivity index (χ1v) is 10.0. The van der Waals surface area contributed by atoms with Crippen molar-refractivity contribution in [2.45, 2.75) is 26.3 Å². The van der Waals surface area contributed by atoms with Gasteiger partial charge in [0.1, 0.15) is 0 Å². The Morgan fingerprint density at radius 1 is 0.857 bits per heavy atom. The van der Waals surface area contributed by atoms with E-state index in [1.54, 1.807) is 4.90 Å². The van der Waals surface area contributed by atoms with Crippen molar-refractivity contribution in [3.05, 3.63) is 95.5 Å². The molecule has 0 aliphatic carbocycles. The van der Waals surface area contributed by atoms with Gasteiger partial charge >= 0.3 is 6.03 Å². The third kappa shape index (κ3) is 5.14. The predicted octanol–water partition coefficient (Wildman–Crippen LogP) is 6.90. The van der Waals surface area contributed by atoms with Gasteiger partial charge < -0.3 is 4.90 Å². The summed E-state index contributed by atoms with van der Waals surface area (Å²) >= 11 is 6.22. The standard InChI is InChI=1S/C24H25ClN2O/c1-2-3-17-26(19-20-11-6-4-7-12-20)24(28)27(22-14-8-5-9-15-22)23-16-10-13-21(25)18-23/h4-16,18H,2-3,17,19H2,1H3. The normalized spacial score (nSPS) is 10.5. The van der Waals surface area contributed by atoms with Gasteiger partial charge in [0.15, 0.2) is 0 Å². The van der Waals surface area contributed by atoms with E-state index in [4.69, 9.17) is 11.6 Å². The number of anilines is 2. The number of hydrogen-bond acceptors (Lipinski definition) is 1. The highest BCUT2D eigenvalue weighted by Crippen LogP contribution is 2.29. The van der Waals surface area contributed by atoms with E-state index in [1.165, 1.54) is 0 Å². The summed E-state index contributed by atoms with van der Waals surface area (Å²) in [6.07, 6.45) is 1.98. The van der Waals surface area contributed by atoms with Crippen molar-refractivity contribution in [1.29, 1.82) is 0 Å². The highest BCUT2D eigenvalue weighted by molar-refractivity contribution is 6.31. The van der Waals surface area contributed by atoms with Crippen molar-refractivity contribution >= 4 is 29.0 Å². The molecular formula is C24H25ClN2O. The van der Waals surface area contributed by atoms with Gasteiger partial charge in [-0.05, 0) is 42.3 Å². The van der Waals surface area contributed by atoms with E-state index in [1.807, 2.05) is 77.7 Å². The van der Waals surface area contributed by atoms with Crippen molar-refractivity contribution in [1.82, 2.24) is 4.90 Å². The van der Waals surface area contributed by atoms with Crippen molar-refractivity contribution in [3.63, 3.8) is 0 Å². The van der Waals surface area contributed by atoms with Gasteiger partial charge in [-0.3, -0.25) is 4.90 Å². The van der Waals surface area contributed by atoms with Gasteiger partial charge in [-0.2, -0.15) is 0 Å². The molecule has 0 atom stereocenters. The summed E-state index contributed by atoms with van der Waals surface area (Å²) in [5.74, 6) is 0. The number of nitrogens with zero attached hydrogens (tertiary/aromatic N) is 2. The molecule has 0 bridgehead atoms. The van der Waals surface area contributed by atoms with Gasteiger partial charge in [0.25, 0.3) is 0 Å². The van der Waals surface area contributed by atoms with Crippen molar-refractivity contribution in [2.24, 2.45) is 0 Å². The summed E-state index contributed by atoms with van der Waals surface area (Å²) in [6.45, 7) is 3.41. The van der Waals surface area contributed by atoms with Gasteiger partial charge in [-0.25, -0.2) is 4.79 Å². The molecule has 4 heteroatoms. The lowest BCUT2D eigenvalue weighted by Crippen LogP contribution is -2.41. The Hall–Kier alpha value is -2.78. The summed E-state index contributed by atoms with van der Waals surface area (Å²) < 4.78 is 0. The van der Waals surface area contributed by atoms with Crippen molar-refractivity contribution in [2.75, 3.05) is 11.4 Å². The summed E-state index contributed by atoms with van der Waals surface area (Å²) in [6, 6.07) is 27.2. The molecule has 28 heavy (non-hydrogen) atoms. The Morgan fingerprint density at radius 2 is 1.50 bits per heavy atom. The number of carbonyl (C=O) groups is 1. The molecule has 0 fully saturated rings. The minimum Gasteiger partial charge on any atom is -0.320 e. The second kappa shape index (κ2) is 9.95. The summed E-state index contributed by atoms with van der Waals surface area (Å²) in [4.78, 5) is 17.3. The number of para-hydroxylation sites is 1. The summed E-state index contributed by atoms with van der Waals surface area (Å²) in [5, 5.41) is 0.606. The van der Waals surface area contributed by atoms with E-state index >= 15 is 0 Å². The van der Waals surface area contributed by atoms with Crippen LogP contribution in [0.2, 0.25) is 5.02 Å². The topological polar surface area (TPSA) is 23.6 Å². The Labute approximate surface area is 172 Å². The molecular weight excluding hydrogens is 368 g/mol. The Bertz CT molecular complexity index is 883. The Morgan fingerprint density at radius 3 is 2.14 bits per heavy atom. The number of hydrogen-bond donors (Lipinski definition) is 0. The van der Waals surface area contributed by atoms with E-state index in [0.717, 1.165) is 29.8 Å². The fourth-order valence-electron chi connectivity index (χ4n) is 3.10. The lowest BCUT2D eigenvalue weighted by Gasteiger charge is -2.31. The van der Waals surface area contributed by atoms with Crippen LogP contribution in [0.25, 0.3) is 0 Å². The van der Waals surface area contributed by atoms with Gasteiger partial charge in [0.2, 0.25) is 0 Å². The summed E-state index contributed by atoms with van der Waals surface area (Å²) in [7, 11) is 0. The van der Waals surface area contributed by atoms with Crippen LogP contribution < -0.4 is 4.90 Å². The van der Waals surface area contributed by atoms with Crippen LogP contribution in [0.15, 0.2) is 84.9 Å². The predicted molar refractivity (Wildman–Crippen MR) is 117 cm³/mol. The van der Waals surface area contributed by atoms with E-state index in [9.17, 15) is 4.79 Å². The summed E-state index contributed by atoms with van der Waals surface area (Å²) in [5.41, 5.74) is 2.70. The van der Waals surface area contributed by atoms with Crippen LogP contribution in [0, 0.1) is 0 Å². The molecule has 3 aromatic rings. The second-order valence-electron chi connectivity index (χ2n) is 6.69. The lowest BCUT2D eigenvalue weighted by molar-refractivity contribution is 0.203. The minimum absolute atomic E-state index is 0.0502. The average molecular weight is 393 g/mol. The molecule has 0 aliphatic rings. The SMILES string of the molecule is CCCCN(Cc1ccccc1)C(=O)N(c1ccccc1)c1cccc(Cl)c1. The lowest BCUT2D eigenvalue weighted by atomic mass is 10.2. The molecule has 3 rings (SSSR count). The maximum Gasteiger partial charge on any atom is 0.329 e. The van der Waals surface area contributed by atoms with Gasteiger partial charge in [0.05, 0.1) is 11.4 Å². The molecule has 0 aliphatic heterocycles. The number of halogens is 1. The van der Waals surface area contributed by atoms with Crippen molar-refractivity contribution < 1.29 is 4.79 Å². The molecule has 0 saturated heterocycles. The highest BCUT2D eigenvalue weighted by Gasteiger charge is 2.24. The zero-order valence-electron chi connectivity index (χ0n) is 16.1. The Kier molecular flexibility index (Phi) is 7.10. The first kappa shape index (κ1) is 20.0. The van der Waals surface area contributed by atoms with Crippen LogP contribution in [0.5, 0.6) is 0 Å². The molecule has 0 saturated carbocycles. The largest absolute Gasteiger partial charge is 0.329 e. The molecule has 0 N–H and O–H groups in total. The van der Waals surface area contributed by atoms with E-state index in [2.05, 4.69) is 19.1 Å². The van der Waals surface area contributed by atoms with Gasteiger partial charge in [-0.15, -0.1) is 0 Å². The fourth-order valence-corrected chi connectivity index (χ4v) is 3.28. The Balaban J connectivity index is 1.97. The van der Waals surface area contributed by atoms with Crippen LogP contribution in [0.1, 0.15) is 25.3 Å². The number of urea groups is 1. The first-order valence-electron chi connectivity index (χ1n) is 9.62. The third-order valence-electron chi connectivity index (χ3n) is 4.54. The van der Waals surface area contributed by atoms with Crippen LogP contribution in [0.4, 0.5) is 16.2 Å². The number of amides is 2. The first-order chi connectivity index (χ1) is 13.7. The second-order valence-corrected chi connectivity index (χ2v) is 7.13. The van der Waals surface area contributed by atoms with Crippen molar-refractivity contribution in [3.8, 4) is 0 Å². The number of benzene rings is 3. The maximum atomic E-state index is 13.7. The van der Waals surface area contributed by atoms with E-state index < -0.39 is 0 Å². The van der Waals surface area contributed by atoms with Crippen LogP contribution in [-0.2, 0) is 6.54 Å².